The van der Waals surface area contributed by atoms with Crippen molar-refractivity contribution in [2.45, 2.75) is 25.2 Å². The van der Waals surface area contributed by atoms with Gasteiger partial charge in [0.05, 0.1) is 17.6 Å². The van der Waals surface area contributed by atoms with Crippen molar-refractivity contribution in [2.24, 2.45) is 0 Å². The lowest BCUT2D eigenvalue weighted by Gasteiger charge is -2.20. The van der Waals surface area contributed by atoms with Gasteiger partial charge in [-0.15, -0.1) is 0 Å². The molecule has 0 radical (unpaired) electrons. The third-order valence-corrected chi connectivity index (χ3v) is 2.54. The Kier molecular flexibility index (Phi) is 3.58. The van der Waals surface area contributed by atoms with Crippen LogP contribution in [0.15, 0.2) is 18.2 Å². The Morgan fingerprint density at radius 2 is 1.94 bits per heavy atom. The second-order valence-corrected chi connectivity index (χ2v) is 3.73. The van der Waals surface area contributed by atoms with E-state index in [0.29, 0.717) is 12.0 Å². The van der Waals surface area contributed by atoms with Gasteiger partial charge in [-0.05, 0) is 31.0 Å². The van der Waals surface area contributed by atoms with E-state index < -0.39 is 17.0 Å². The Labute approximate surface area is 92.7 Å². The van der Waals surface area contributed by atoms with Crippen molar-refractivity contribution in [3.63, 3.8) is 0 Å². The number of halogens is 2. The highest BCUT2D eigenvalue weighted by atomic mass is 19.2. The van der Waals surface area contributed by atoms with E-state index in [1.165, 1.54) is 6.07 Å². The molecule has 2 nitrogen and oxygen atoms in total. The molecule has 1 unspecified atom stereocenters. The smallest absolute Gasteiger partial charge is 0.159 e. The molecule has 1 rings (SSSR count). The van der Waals surface area contributed by atoms with E-state index in [4.69, 9.17) is 10.5 Å². The molecule has 0 saturated heterocycles. The van der Waals surface area contributed by atoms with Gasteiger partial charge in [-0.3, -0.25) is 0 Å². The Bertz CT molecular complexity index is 471. The number of benzene rings is 1. The zero-order chi connectivity index (χ0) is 12.2. The molecule has 82 valence electrons. The molecular weight excluding hydrogens is 210 g/mol. The molecular formula is C12H10F2N2. The maximum atomic E-state index is 13.0. The van der Waals surface area contributed by atoms with Crippen molar-refractivity contribution >= 4 is 0 Å². The monoisotopic (exact) mass is 220 g/mol. The molecule has 1 aromatic rings. The second-order valence-electron chi connectivity index (χ2n) is 3.73. The highest BCUT2D eigenvalue weighted by Gasteiger charge is 2.26. The maximum Gasteiger partial charge on any atom is 0.159 e. The molecule has 0 N–H and O–H groups in total. The minimum atomic E-state index is -0.976. The molecule has 0 amide bonds. The average molecular weight is 220 g/mol. The first-order chi connectivity index (χ1) is 7.53. The summed E-state index contributed by atoms with van der Waals surface area (Å²) in [6.45, 7) is 1.61. The molecule has 0 bridgehead atoms. The molecule has 16 heavy (non-hydrogen) atoms. The topological polar surface area (TPSA) is 47.6 Å². The molecule has 0 spiro atoms. The molecule has 0 aliphatic carbocycles. The van der Waals surface area contributed by atoms with Crippen LogP contribution >= 0.6 is 0 Å². The summed E-state index contributed by atoms with van der Waals surface area (Å²) in [5.74, 6) is -1.92. The molecule has 1 aromatic carbocycles. The number of rotatable bonds is 3. The van der Waals surface area contributed by atoms with Gasteiger partial charge in [-0.1, -0.05) is 6.07 Å². The Hall–Kier alpha value is -1.94. The lowest BCUT2D eigenvalue weighted by atomic mass is 9.80. The number of nitriles is 2. The van der Waals surface area contributed by atoms with E-state index in [1.54, 1.807) is 6.92 Å². The van der Waals surface area contributed by atoms with Crippen molar-refractivity contribution in [2.75, 3.05) is 0 Å². The summed E-state index contributed by atoms with van der Waals surface area (Å²) >= 11 is 0. The van der Waals surface area contributed by atoms with Crippen LogP contribution in [0.2, 0.25) is 0 Å². The van der Waals surface area contributed by atoms with E-state index in [9.17, 15) is 8.78 Å². The van der Waals surface area contributed by atoms with Gasteiger partial charge >= 0.3 is 0 Å². The van der Waals surface area contributed by atoms with Crippen LogP contribution in [0.25, 0.3) is 0 Å². The van der Waals surface area contributed by atoms with Gasteiger partial charge in [0.2, 0.25) is 0 Å². The summed E-state index contributed by atoms with van der Waals surface area (Å²) in [4.78, 5) is 0. The van der Waals surface area contributed by atoms with Gasteiger partial charge in [-0.25, -0.2) is 8.78 Å². The van der Waals surface area contributed by atoms with Gasteiger partial charge in [0, 0.05) is 6.42 Å². The van der Waals surface area contributed by atoms with Crippen LogP contribution in [-0.2, 0) is 5.41 Å². The summed E-state index contributed by atoms with van der Waals surface area (Å²) in [5, 5.41) is 17.5. The van der Waals surface area contributed by atoms with Gasteiger partial charge in [0.25, 0.3) is 0 Å². The van der Waals surface area contributed by atoms with Crippen LogP contribution in [0.1, 0.15) is 25.3 Å². The molecule has 0 fully saturated rings. The Morgan fingerprint density at radius 1 is 1.25 bits per heavy atom. The Morgan fingerprint density at radius 3 is 2.44 bits per heavy atom. The summed E-state index contributed by atoms with van der Waals surface area (Å²) in [6, 6.07) is 7.35. The standard InChI is InChI=1S/C12H10F2N2/c1-12(8-16,5-2-6-15)9-3-4-10(13)11(14)7-9/h3-4,7H,2,5H2,1H3. The molecule has 0 aliphatic rings. The summed E-state index contributed by atoms with van der Waals surface area (Å²) in [6.07, 6.45) is 0.494. The van der Waals surface area contributed by atoms with Crippen molar-refractivity contribution in [3.8, 4) is 12.1 Å². The van der Waals surface area contributed by atoms with Gasteiger partial charge in [0.15, 0.2) is 11.6 Å². The van der Waals surface area contributed by atoms with E-state index in [1.807, 2.05) is 12.1 Å². The summed E-state index contributed by atoms with van der Waals surface area (Å²) < 4.78 is 25.8. The first kappa shape index (κ1) is 12.1. The van der Waals surface area contributed by atoms with E-state index in [-0.39, 0.29) is 6.42 Å². The highest BCUT2D eigenvalue weighted by Crippen LogP contribution is 2.29. The van der Waals surface area contributed by atoms with E-state index in [0.717, 1.165) is 12.1 Å². The molecule has 4 heteroatoms. The average Bonchev–Trinajstić information content (AvgIpc) is 2.29. The van der Waals surface area contributed by atoms with Gasteiger partial charge < -0.3 is 0 Å². The lowest BCUT2D eigenvalue weighted by Crippen LogP contribution is -2.19. The minimum absolute atomic E-state index is 0.197. The van der Waals surface area contributed by atoms with Crippen LogP contribution in [0.5, 0.6) is 0 Å². The van der Waals surface area contributed by atoms with Crippen molar-refractivity contribution in [1.82, 2.24) is 0 Å². The van der Waals surface area contributed by atoms with Crippen LogP contribution in [0.4, 0.5) is 8.78 Å². The first-order valence-corrected chi connectivity index (χ1v) is 4.77. The zero-order valence-corrected chi connectivity index (χ0v) is 8.80. The van der Waals surface area contributed by atoms with Crippen LogP contribution in [-0.4, -0.2) is 0 Å². The quantitative estimate of drug-likeness (QED) is 0.785. The second kappa shape index (κ2) is 4.72. The molecule has 1 atom stereocenters. The fraction of sp³-hybridized carbons (Fsp3) is 0.333. The zero-order valence-electron chi connectivity index (χ0n) is 8.80. The SMILES string of the molecule is CC(C#N)(CCC#N)c1ccc(F)c(F)c1. The third kappa shape index (κ3) is 2.35. The Balaban J connectivity index is 3.10. The summed E-state index contributed by atoms with van der Waals surface area (Å²) in [7, 11) is 0. The first-order valence-electron chi connectivity index (χ1n) is 4.77. The van der Waals surface area contributed by atoms with E-state index >= 15 is 0 Å². The fourth-order valence-electron chi connectivity index (χ4n) is 1.41. The minimum Gasteiger partial charge on any atom is -0.204 e. The number of nitrogens with zero attached hydrogens (tertiary/aromatic N) is 2. The predicted molar refractivity (Wildman–Crippen MR) is 54.2 cm³/mol. The highest BCUT2D eigenvalue weighted by molar-refractivity contribution is 5.32. The molecule has 0 saturated carbocycles. The molecule has 0 aliphatic heterocycles. The fourth-order valence-corrected chi connectivity index (χ4v) is 1.41. The van der Waals surface area contributed by atoms with Crippen molar-refractivity contribution in [3.05, 3.63) is 35.4 Å². The van der Waals surface area contributed by atoms with Crippen LogP contribution in [0, 0.1) is 34.3 Å². The summed E-state index contributed by atoms with van der Waals surface area (Å²) in [5.41, 5.74) is -0.561. The lowest BCUT2D eigenvalue weighted by molar-refractivity contribution is 0.497. The largest absolute Gasteiger partial charge is 0.204 e. The van der Waals surface area contributed by atoms with Crippen LogP contribution < -0.4 is 0 Å². The predicted octanol–water partition coefficient (Wildman–Crippen LogP) is 3.05. The molecule has 0 heterocycles. The van der Waals surface area contributed by atoms with Gasteiger partial charge in [0.1, 0.15) is 0 Å². The van der Waals surface area contributed by atoms with Gasteiger partial charge in [-0.2, -0.15) is 10.5 Å². The number of hydrogen-bond acceptors (Lipinski definition) is 2. The number of hydrogen-bond donors (Lipinski definition) is 0. The van der Waals surface area contributed by atoms with Crippen molar-refractivity contribution < 1.29 is 8.78 Å². The maximum absolute atomic E-state index is 13.0. The van der Waals surface area contributed by atoms with Crippen molar-refractivity contribution in [1.29, 1.82) is 10.5 Å². The van der Waals surface area contributed by atoms with Crippen LogP contribution in [0.3, 0.4) is 0 Å². The molecule has 0 aromatic heterocycles. The van der Waals surface area contributed by atoms with E-state index in [2.05, 4.69) is 0 Å². The normalized spacial score (nSPS) is 13.6. The third-order valence-electron chi connectivity index (χ3n) is 2.54.